The number of aromatic nitrogens is 3. The van der Waals surface area contributed by atoms with Crippen LogP contribution in [-0.4, -0.2) is 27.3 Å². The van der Waals surface area contributed by atoms with E-state index in [4.69, 9.17) is 4.74 Å². The van der Waals surface area contributed by atoms with Crippen LogP contribution in [0.3, 0.4) is 0 Å². The van der Waals surface area contributed by atoms with Crippen LogP contribution in [0.15, 0.2) is 84.0 Å². The standard InChI is InChI=1S/C29H32N4O2S/c1-4-5-19-35-26-17-13-24(14-18-26)28(34)30-22(3)27-31-32-29(36-20-23-9-7-6-8-10-23)33(27)25-15-11-21(2)12-16-25/h6-18,22H,4-5,19-20H2,1-3H3,(H,30,34). The Morgan fingerprint density at radius 2 is 1.72 bits per heavy atom. The van der Waals surface area contributed by atoms with E-state index < -0.39 is 0 Å². The molecule has 0 fully saturated rings. The van der Waals surface area contributed by atoms with Gasteiger partial charge in [0.15, 0.2) is 11.0 Å². The smallest absolute Gasteiger partial charge is 0.251 e. The Hall–Kier alpha value is -3.58. The quantitative estimate of drug-likeness (QED) is 0.187. The second-order valence-corrected chi connectivity index (χ2v) is 9.65. The molecule has 1 atom stereocenters. The molecule has 3 aromatic carbocycles. The van der Waals surface area contributed by atoms with Gasteiger partial charge in [-0.3, -0.25) is 9.36 Å². The summed E-state index contributed by atoms with van der Waals surface area (Å²) in [4.78, 5) is 13.0. The first-order valence-electron chi connectivity index (χ1n) is 12.3. The first-order chi connectivity index (χ1) is 17.5. The molecule has 1 N–H and O–H groups in total. The summed E-state index contributed by atoms with van der Waals surface area (Å²) in [5.74, 6) is 2.06. The molecule has 0 radical (unpaired) electrons. The van der Waals surface area contributed by atoms with Crippen molar-refractivity contribution in [1.82, 2.24) is 20.1 Å². The van der Waals surface area contributed by atoms with Crippen LogP contribution in [0.5, 0.6) is 5.75 Å². The molecule has 0 bridgehead atoms. The zero-order chi connectivity index (χ0) is 25.3. The second-order valence-electron chi connectivity index (χ2n) is 8.71. The van der Waals surface area contributed by atoms with Crippen molar-refractivity contribution in [3.05, 3.63) is 101 Å². The van der Waals surface area contributed by atoms with E-state index in [1.165, 1.54) is 11.1 Å². The highest BCUT2D eigenvalue weighted by atomic mass is 32.2. The molecule has 1 heterocycles. The lowest BCUT2D eigenvalue weighted by Gasteiger charge is -2.17. The van der Waals surface area contributed by atoms with Crippen molar-refractivity contribution in [2.75, 3.05) is 6.61 Å². The number of unbranched alkanes of at least 4 members (excludes halogenated alkanes) is 1. The normalized spacial score (nSPS) is 11.8. The number of amides is 1. The maximum atomic E-state index is 13.0. The number of rotatable bonds is 11. The van der Waals surface area contributed by atoms with Gasteiger partial charge in [-0.2, -0.15) is 0 Å². The lowest BCUT2D eigenvalue weighted by Crippen LogP contribution is -2.28. The highest BCUT2D eigenvalue weighted by Gasteiger charge is 2.21. The summed E-state index contributed by atoms with van der Waals surface area (Å²) in [6, 6.07) is 25.4. The third kappa shape index (κ3) is 6.55. The van der Waals surface area contributed by atoms with Crippen LogP contribution < -0.4 is 10.1 Å². The van der Waals surface area contributed by atoms with Gasteiger partial charge in [-0.15, -0.1) is 10.2 Å². The second kappa shape index (κ2) is 12.4. The predicted molar refractivity (Wildman–Crippen MR) is 145 cm³/mol. The number of nitrogens with one attached hydrogen (secondary N) is 1. The number of ether oxygens (including phenoxy) is 1. The van der Waals surface area contributed by atoms with E-state index >= 15 is 0 Å². The van der Waals surface area contributed by atoms with E-state index in [1.54, 1.807) is 23.9 Å². The summed E-state index contributed by atoms with van der Waals surface area (Å²) in [6.07, 6.45) is 2.09. The van der Waals surface area contributed by atoms with Crippen molar-refractivity contribution >= 4 is 17.7 Å². The number of aryl methyl sites for hydroxylation is 1. The minimum Gasteiger partial charge on any atom is -0.494 e. The summed E-state index contributed by atoms with van der Waals surface area (Å²) < 4.78 is 7.74. The molecule has 4 rings (SSSR count). The van der Waals surface area contributed by atoms with Crippen LogP contribution in [0.1, 0.15) is 60.0 Å². The minimum absolute atomic E-state index is 0.167. The van der Waals surface area contributed by atoms with Crippen LogP contribution in [0.4, 0.5) is 0 Å². The van der Waals surface area contributed by atoms with Gasteiger partial charge >= 0.3 is 0 Å². The number of hydrogen-bond acceptors (Lipinski definition) is 5. The highest BCUT2D eigenvalue weighted by molar-refractivity contribution is 7.98. The molecule has 6 nitrogen and oxygen atoms in total. The molecule has 1 amide bonds. The molecule has 4 aromatic rings. The first-order valence-corrected chi connectivity index (χ1v) is 13.3. The molecule has 0 aliphatic heterocycles. The van der Waals surface area contributed by atoms with Gasteiger partial charge in [0, 0.05) is 17.0 Å². The topological polar surface area (TPSA) is 69.0 Å². The average molecular weight is 501 g/mol. The Morgan fingerprint density at radius 1 is 1.00 bits per heavy atom. The van der Waals surface area contributed by atoms with Crippen LogP contribution in [0.25, 0.3) is 5.69 Å². The molecule has 36 heavy (non-hydrogen) atoms. The Balaban J connectivity index is 1.52. The molecule has 0 spiro atoms. The number of nitrogens with zero attached hydrogens (tertiary/aromatic N) is 3. The van der Waals surface area contributed by atoms with Crippen molar-refractivity contribution in [3.8, 4) is 11.4 Å². The van der Waals surface area contributed by atoms with Gasteiger partial charge in [0.25, 0.3) is 5.91 Å². The molecular formula is C29H32N4O2S. The maximum absolute atomic E-state index is 13.0. The average Bonchev–Trinajstić information content (AvgIpc) is 3.33. The molecule has 1 aromatic heterocycles. The van der Waals surface area contributed by atoms with Crippen molar-refractivity contribution in [2.45, 2.75) is 50.6 Å². The SMILES string of the molecule is CCCCOc1ccc(C(=O)NC(C)c2nnc(SCc3ccccc3)n2-c2ccc(C)cc2)cc1. The molecule has 0 aliphatic rings. The molecular weight excluding hydrogens is 468 g/mol. The Labute approximate surface area is 217 Å². The van der Waals surface area contributed by atoms with Crippen molar-refractivity contribution in [1.29, 1.82) is 0 Å². The molecule has 186 valence electrons. The summed E-state index contributed by atoms with van der Waals surface area (Å²) in [5, 5.41) is 12.8. The number of carbonyl (C=O) groups excluding carboxylic acids is 1. The molecule has 0 aliphatic carbocycles. The van der Waals surface area contributed by atoms with E-state index in [-0.39, 0.29) is 11.9 Å². The van der Waals surface area contributed by atoms with Gasteiger partial charge in [0.2, 0.25) is 0 Å². The van der Waals surface area contributed by atoms with Crippen molar-refractivity contribution in [2.24, 2.45) is 0 Å². The maximum Gasteiger partial charge on any atom is 0.251 e. The van der Waals surface area contributed by atoms with Crippen LogP contribution in [0.2, 0.25) is 0 Å². The van der Waals surface area contributed by atoms with Gasteiger partial charge in [0.05, 0.1) is 12.6 Å². The lowest BCUT2D eigenvalue weighted by molar-refractivity contribution is 0.0938. The largest absolute Gasteiger partial charge is 0.494 e. The monoisotopic (exact) mass is 500 g/mol. The van der Waals surface area contributed by atoms with Crippen LogP contribution in [0, 0.1) is 6.92 Å². The van der Waals surface area contributed by atoms with Gasteiger partial charge in [0.1, 0.15) is 5.75 Å². The lowest BCUT2D eigenvalue weighted by atomic mass is 10.2. The first kappa shape index (κ1) is 25.5. The fraction of sp³-hybridized carbons (Fsp3) is 0.276. The zero-order valence-electron chi connectivity index (χ0n) is 21.0. The fourth-order valence-corrected chi connectivity index (χ4v) is 4.61. The third-order valence-electron chi connectivity index (χ3n) is 5.78. The van der Waals surface area contributed by atoms with E-state index in [9.17, 15) is 4.79 Å². The van der Waals surface area contributed by atoms with E-state index in [2.05, 4.69) is 65.8 Å². The fourth-order valence-electron chi connectivity index (χ4n) is 3.70. The molecule has 0 saturated heterocycles. The molecule has 0 saturated carbocycles. The van der Waals surface area contributed by atoms with Crippen molar-refractivity contribution < 1.29 is 9.53 Å². The van der Waals surface area contributed by atoms with Gasteiger partial charge in [-0.05, 0) is 62.2 Å². The summed E-state index contributed by atoms with van der Waals surface area (Å²) in [6.45, 7) is 6.80. The van der Waals surface area contributed by atoms with Crippen LogP contribution >= 0.6 is 11.8 Å². The summed E-state index contributed by atoms with van der Waals surface area (Å²) in [5.41, 5.74) is 3.93. The number of hydrogen-bond donors (Lipinski definition) is 1. The van der Waals surface area contributed by atoms with Gasteiger partial charge in [-0.1, -0.05) is 73.1 Å². The van der Waals surface area contributed by atoms with Gasteiger partial charge < -0.3 is 10.1 Å². The van der Waals surface area contributed by atoms with Crippen molar-refractivity contribution in [3.63, 3.8) is 0 Å². The van der Waals surface area contributed by atoms with Gasteiger partial charge in [-0.25, -0.2) is 0 Å². The number of thioether (sulfide) groups is 1. The summed E-state index contributed by atoms with van der Waals surface area (Å²) in [7, 11) is 0. The third-order valence-corrected chi connectivity index (χ3v) is 6.78. The molecule has 1 unspecified atom stereocenters. The molecule has 7 heteroatoms. The number of benzene rings is 3. The Bertz CT molecular complexity index is 1250. The van der Waals surface area contributed by atoms with E-state index in [1.807, 2.05) is 41.8 Å². The highest BCUT2D eigenvalue weighted by Crippen LogP contribution is 2.28. The summed E-state index contributed by atoms with van der Waals surface area (Å²) >= 11 is 1.63. The van der Waals surface area contributed by atoms with Crippen LogP contribution in [-0.2, 0) is 5.75 Å². The Morgan fingerprint density at radius 3 is 2.42 bits per heavy atom. The predicted octanol–water partition coefficient (Wildman–Crippen LogP) is 6.54. The van der Waals surface area contributed by atoms with E-state index in [0.29, 0.717) is 18.0 Å². The minimum atomic E-state index is -0.349. The number of carbonyl (C=O) groups is 1. The van der Waals surface area contributed by atoms with E-state index in [0.717, 1.165) is 35.2 Å². The Kier molecular flexibility index (Phi) is 8.79. The zero-order valence-corrected chi connectivity index (χ0v) is 21.8.